The number of hydrogen-bond donors (Lipinski definition) is 2. The van der Waals surface area contributed by atoms with Crippen LogP contribution in [0.5, 0.6) is 0 Å². The van der Waals surface area contributed by atoms with E-state index in [1.165, 1.54) is 0 Å². The first kappa shape index (κ1) is 8.30. The molecule has 1 atom stereocenters. The lowest BCUT2D eigenvalue weighted by Crippen LogP contribution is -2.35. The van der Waals surface area contributed by atoms with Gasteiger partial charge in [0.2, 0.25) is 5.91 Å². The summed E-state index contributed by atoms with van der Waals surface area (Å²) in [5.41, 5.74) is 4.96. The molecule has 1 amide bonds. The minimum absolute atomic E-state index is 0. The van der Waals surface area contributed by atoms with Crippen molar-refractivity contribution in [1.29, 1.82) is 0 Å². The first-order chi connectivity index (χ1) is 3.80. The van der Waals surface area contributed by atoms with Crippen molar-refractivity contribution in [3.05, 3.63) is 12.3 Å². The maximum Gasteiger partial charge on any atom is 0.240 e. The van der Waals surface area contributed by atoms with Gasteiger partial charge >= 0.3 is 0 Å². The Labute approximate surface area is 59.7 Å². The summed E-state index contributed by atoms with van der Waals surface area (Å²) in [4.78, 5) is 10.3. The lowest BCUT2D eigenvalue weighted by Gasteiger charge is -2.02. The molecular formula is C5H9ClN2O. The highest BCUT2D eigenvalue weighted by Gasteiger charge is 2.13. The molecule has 0 aromatic heterocycles. The van der Waals surface area contributed by atoms with Crippen molar-refractivity contribution >= 4 is 18.3 Å². The van der Waals surface area contributed by atoms with Gasteiger partial charge in [-0.2, -0.15) is 0 Å². The molecule has 1 heterocycles. The van der Waals surface area contributed by atoms with Crippen LogP contribution >= 0.6 is 12.4 Å². The Morgan fingerprint density at radius 2 is 2.44 bits per heavy atom. The molecule has 3 nitrogen and oxygen atoms in total. The Kier molecular flexibility index (Phi) is 3.09. The molecular weight excluding hydrogens is 140 g/mol. The predicted molar refractivity (Wildman–Crippen MR) is 37.1 cm³/mol. The summed E-state index contributed by atoms with van der Waals surface area (Å²) in [6.45, 7) is 0. The van der Waals surface area contributed by atoms with Crippen LogP contribution in [-0.2, 0) is 4.79 Å². The Morgan fingerprint density at radius 3 is 2.67 bits per heavy atom. The molecule has 0 aliphatic carbocycles. The van der Waals surface area contributed by atoms with Crippen molar-refractivity contribution in [2.24, 2.45) is 5.73 Å². The Bertz CT molecular complexity index is 127. The predicted octanol–water partition coefficient (Wildman–Crippen LogP) is -0.231. The average molecular weight is 149 g/mol. The number of rotatable bonds is 1. The number of hydrogen-bond acceptors (Lipinski definition) is 2. The molecule has 0 fully saturated rings. The number of nitrogens with one attached hydrogen (secondary N) is 1. The van der Waals surface area contributed by atoms with Gasteiger partial charge in [0.1, 0.15) is 6.04 Å². The van der Waals surface area contributed by atoms with Crippen molar-refractivity contribution < 1.29 is 4.79 Å². The molecule has 1 aliphatic heterocycles. The molecule has 1 unspecified atom stereocenters. The third-order valence-corrected chi connectivity index (χ3v) is 1.13. The number of nitrogens with two attached hydrogens (primary N) is 1. The van der Waals surface area contributed by atoms with E-state index < -0.39 is 0 Å². The minimum Gasteiger partial charge on any atom is -0.380 e. The van der Waals surface area contributed by atoms with E-state index >= 15 is 0 Å². The molecule has 0 saturated heterocycles. The van der Waals surface area contributed by atoms with Gasteiger partial charge < -0.3 is 11.1 Å². The lowest BCUT2D eigenvalue weighted by molar-refractivity contribution is -0.119. The Hall–Kier alpha value is -0.700. The minimum atomic E-state index is -0.282. The van der Waals surface area contributed by atoms with Gasteiger partial charge in [-0.05, 0) is 12.6 Å². The van der Waals surface area contributed by atoms with Gasteiger partial charge in [-0.3, -0.25) is 4.79 Å². The van der Waals surface area contributed by atoms with Gasteiger partial charge in [0.05, 0.1) is 0 Å². The third-order valence-electron chi connectivity index (χ3n) is 1.13. The van der Waals surface area contributed by atoms with Crippen molar-refractivity contribution in [2.45, 2.75) is 12.5 Å². The van der Waals surface area contributed by atoms with E-state index in [1.54, 1.807) is 6.20 Å². The molecule has 0 saturated carbocycles. The molecule has 9 heavy (non-hydrogen) atoms. The quantitative estimate of drug-likeness (QED) is 0.540. The van der Waals surface area contributed by atoms with Crippen LogP contribution in [0.2, 0.25) is 0 Å². The van der Waals surface area contributed by atoms with Gasteiger partial charge in [0, 0.05) is 0 Å². The van der Waals surface area contributed by atoms with Crippen LogP contribution in [-0.4, -0.2) is 11.9 Å². The molecule has 1 aliphatic rings. The van der Waals surface area contributed by atoms with E-state index in [4.69, 9.17) is 5.73 Å². The number of amides is 1. The summed E-state index contributed by atoms with van der Waals surface area (Å²) in [7, 11) is 0. The Balaban J connectivity index is 0.000000640. The first-order valence-corrected chi connectivity index (χ1v) is 2.51. The van der Waals surface area contributed by atoms with Gasteiger partial charge in [-0.15, -0.1) is 12.4 Å². The zero-order chi connectivity index (χ0) is 5.98. The van der Waals surface area contributed by atoms with Gasteiger partial charge in [0.25, 0.3) is 0 Å². The lowest BCUT2D eigenvalue weighted by atomic mass is 10.2. The van der Waals surface area contributed by atoms with Crippen LogP contribution in [0, 0.1) is 0 Å². The van der Waals surface area contributed by atoms with Crippen LogP contribution in [0.3, 0.4) is 0 Å². The number of carbonyl (C=O) groups excluding carboxylic acids is 1. The van der Waals surface area contributed by atoms with E-state index in [1.807, 2.05) is 6.08 Å². The SMILES string of the molecule is Cl.NC(=O)C1CC=CN1. The maximum atomic E-state index is 10.3. The fourth-order valence-electron chi connectivity index (χ4n) is 0.655. The third kappa shape index (κ3) is 1.93. The smallest absolute Gasteiger partial charge is 0.240 e. The second-order valence-corrected chi connectivity index (χ2v) is 1.76. The molecule has 0 aromatic carbocycles. The van der Waals surface area contributed by atoms with Gasteiger partial charge in [0.15, 0.2) is 0 Å². The summed E-state index contributed by atoms with van der Waals surface area (Å²) >= 11 is 0. The van der Waals surface area contributed by atoms with Crippen molar-refractivity contribution in [1.82, 2.24) is 5.32 Å². The van der Waals surface area contributed by atoms with E-state index in [0.717, 1.165) is 6.42 Å². The fraction of sp³-hybridized carbons (Fsp3) is 0.400. The van der Waals surface area contributed by atoms with Crippen LogP contribution in [0.4, 0.5) is 0 Å². The molecule has 0 radical (unpaired) electrons. The van der Waals surface area contributed by atoms with Crippen LogP contribution in [0.15, 0.2) is 12.3 Å². The highest BCUT2D eigenvalue weighted by Crippen LogP contribution is 1.98. The Morgan fingerprint density at radius 1 is 1.78 bits per heavy atom. The van der Waals surface area contributed by atoms with E-state index in [-0.39, 0.29) is 24.4 Å². The summed E-state index contributed by atoms with van der Waals surface area (Å²) in [5, 5.41) is 2.80. The zero-order valence-electron chi connectivity index (χ0n) is 4.83. The largest absolute Gasteiger partial charge is 0.380 e. The molecule has 52 valence electrons. The summed E-state index contributed by atoms with van der Waals surface area (Å²) in [5.74, 6) is -0.282. The average Bonchev–Trinajstić information content (AvgIpc) is 2.12. The van der Waals surface area contributed by atoms with Gasteiger partial charge in [-0.1, -0.05) is 6.08 Å². The van der Waals surface area contributed by atoms with Crippen molar-refractivity contribution in [2.75, 3.05) is 0 Å². The van der Waals surface area contributed by atoms with E-state index in [2.05, 4.69) is 5.32 Å². The van der Waals surface area contributed by atoms with Crippen molar-refractivity contribution in [3.63, 3.8) is 0 Å². The maximum absolute atomic E-state index is 10.3. The normalized spacial score (nSPS) is 22.4. The monoisotopic (exact) mass is 148 g/mol. The molecule has 1 rings (SSSR count). The van der Waals surface area contributed by atoms with Crippen LogP contribution in [0.25, 0.3) is 0 Å². The van der Waals surface area contributed by atoms with Crippen LogP contribution < -0.4 is 11.1 Å². The highest BCUT2D eigenvalue weighted by atomic mass is 35.5. The van der Waals surface area contributed by atoms with E-state index in [9.17, 15) is 4.79 Å². The number of halogens is 1. The van der Waals surface area contributed by atoms with Crippen molar-refractivity contribution in [3.8, 4) is 0 Å². The second kappa shape index (κ2) is 3.35. The topological polar surface area (TPSA) is 55.1 Å². The fourth-order valence-corrected chi connectivity index (χ4v) is 0.655. The number of carbonyl (C=O) groups is 1. The molecule has 0 spiro atoms. The standard InChI is InChI=1S/C5H8N2O.ClH/c6-5(8)4-2-1-3-7-4;/h1,3-4,7H,2H2,(H2,6,8);1H. The first-order valence-electron chi connectivity index (χ1n) is 2.51. The second-order valence-electron chi connectivity index (χ2n) is 1.76. The molecule has 0 aromatic rings. The summed E-state index contributed by atoms with van der Waals surface area (Å²) in [6.07, 6.45) is 4.36. The molecule has 4 heteroatoms. The number of primary amides is 1. The van der Waals surface area contributed by atoms with E-state index in [0.29, 0.717) is 0 Å². The molecule has 0 bridgehead atoms. The zero-order valence-corrected chi connectivity index (χ0v) is 5.65. The van der Waals surface area contributed by atoms with Crippen LogP contribution in [0.1, 0.15) is 6.42 Å². The summed E-state index contributed by atoms with van der Waals surface area (Å²) in [6, 6.07) is -0.157. The summed E-state index contributed by atoms with van der Waals surface area (Å²) < 4.78 is 0. The highest BCUT2D eigenvalue weighted by molar-refractivity contribution is 5.85. The van der Waals surface area contributed by atoms with Gasteiger partial charge in [-0.25, -0.2) is 0 Å². The molecule has 3 N–H and O–H groups in total.